The van der Waals surface area contributed by atoms with Gasteiger partial charge in [0.1, 0.15) is 16.0 Å². The average Bonchev–Trinajstić information content (AvgIpc) is 3.56. The Balaban J connectivity index is 1.49. The molecule has 5 heterocycles. The number of nitrogens with one attached hydrogen (secondary N) is 1. The minimum Gasteiger partial charge on any atom is -0.436 e. The van der Waals surface area contributed by atoms with Gasteiger partial charge in [0.15, 0.2) is 5.75 Å². The van der Waals surface area contributed by atoms with Crippen LogP contribution in [-0.4, -0.2) is 49.9 Å². The fraction of sp³-hybridized carbons (Fsp3) is 0.222. The van der Waals surface area contributed by atoms with Gasteiger partial charge < -0.3 is 15.8 Å². The first-order valence-corrected chi connectivity index (χ1v) is 13.4. The Bertz CT molecular complexity index is 1670. The first-order valence-electron chi connectivity index (χ1n) is 12.5. The molecule has 0 saturated heterocycles. The van der Waals surface area contributed by atoms with Crippen molar-refractivity contribution in [2.75, 3.05) is 9.80 Å². The smallest absolute Gasteiger partial charge is 0.334 e. The summed E-state index contributed by atoms with van der Waals surface area (Å²) in [5.41, 5.74) is 8.03. The van der Waals surface area contributed by atoms with E-state index in [0.717, 1.165) is 23.3 Å². The van der Waals surface area contributed by atoms with Gasteiger partial charge in [0.25, 0.3) is 5.91 Å². The van der Waals surface area contributed by atoms with Crippen molar-refractivity contribution < 1.29 is 19.1 Å². The zero-order valence-electron chi connectivity index (χ0n) is 21.4. The van der Waals surface area contributed by atoms with E-state index in [0.29, 0.717) is 51.7 Å². The molecular formula is C27H24N8O4S. The van der Waals surface area contributed by atoms with Gasteiger partial charge in [-0.1, -0.05) is 6.58 Å². The molecule has 1 fully saturated rings. The summed E-state index contributed by atoms with van der Waals surface area (Å²) >= 11 is 1.14. The van der Waals surface area contributed by atoms with E-state index in [9.17, 15) is 14.4 Å². The van der Waals surface area contributed by atoms with E-state index in [-0.39, 0.29) is 22.9 Å². The number of aryl methyl sites for hydroxylation is 1. The number of ether oxygens (including phenoxy) is 1. The molecule has 0 radical (unpaired) electrons. The molecule has 202 valence electrons. The number of nitrogens with zero attached hydrogens (tertiary/aromatic N) is 6. The fourth-order valence-corrected chi connectivity index (χ4v) is 6.36. The number of anilines is 3. The van der Waals surface area contributed by atoms with Gasteiger partial charge in [0, 0.05) is 12.3 Å². The average molecular weight is 557 g/mol. The standard InChI is InChI=1S/C27H24N8O4S/c1-3-20(36)33-16-5-4-6-17(16)35-23-22-18(7-8-31-26(22)40-24(23)25(28)37)34(27(35)38)19-12-32-21(9-14(19)2)39-15-10-29-13-30-11-15/h3,7-13,16-17H,1,4-6H2,2H3,(H2,28,37)(H,33,36)/t16-,17+/m0/s1. The molecule has 6 rings (SSSR count). The predicted octanol–water partition coefficient (Wildman–Crippen LogP) is 3.98. The highest BCUT2D eigenvalue weighted by molar-refractivity contribution is 7.21. The Morgan fingerprint density at radius 3 is 2.73 bits per heavy atom. The maximum Gasteiger partial charge on any atom is 0.334 e. The van der Waals surface area contributed by atoms with E-state index in [1.165, 1.54) is 24.8 Å². The third-order valence-electron chi connectivity index (χ3n) is 7.03. The van der Waals surface area contributed by atoms with Gasteiger partial charge in [-0.3, -0.25) is 19.4 Å². The highest BCUT2D eigenvalue weighted by atomic mass is 32.1. The SMILES string of the molecule is C=CC(=O)N[C@H]1CCC[C@H]1N1C(=O)N(c2cnc(Oc3cncnc3)cc2C)c2ccnc3sc(C(N)=O)c1c23. The lowest BCUT2D eigenvalue weighted by Gasteiger charge is -2.41. The molecule has 12 nitrogen and oxygen atoms in total. The number of hydrogen-bond donors (Lipinski definition) is 2. The number of primary amides is 1. The van der Waals surface area contributed by atoms with Crippen molar-refractivity contribution >= 4 is 56.5 Å². The van der Waals surface area contributed by atoms with Crippen molar-refractivity contribution in [1.29, 1.82) is 0 Å². The number of hydrogen-bond acceptors (Lipinski definition) is 9. The molecule has 4 aromatic rings. The van der Waals surface area contributed by atoms with Gasteiger partial charge in [-0.25, -0.2) is 24.7 Å². The molecule has 1 aliphatic heterocycles. The quantitative estimate of drug-likeness (QED) is 0.324. The van der Waals surface area contributed by atoms with E-state index in [2.05, 4.69) is 31.8 Å². The third kappa shape index (κ3) is 4.20. The highest BCUT2D eigenvalue weighted by Crippen LogP contribution is 2.50. The molecule has 1 saturated carbocycles. The lowest BCUT2D eigenvalue weighted by Crippen LogP contribution is -2.55. The summed E-state index contributed by atoms with van der Waals surface area (Å²) in [6.45, 7) is 5.40. The summed E-state index contributed by atoms with van der Waals surface area (Å²) in [6.07, 6.45) is 10.9. The highest BCUT2D eigenvalue weighted by Gasteiger charge is 2.45. The molecule has 0 spiro atoms. The van der Waals surface area contributed by atoms with Crippen LogP contribution in [0.4, 0.5) is 21.9 Å². The van der Waals surface area contributed by atoms with Crippen molar-refractivity contribution in [3.05, 3.63) is 66.3 Å². The Labute approximate surface area is 232 Å². The van der Waals surface area contributed by atoms with Crippen LogP contribution in [0.25, 0.3) is 10.2 Å². The van der Waals surface area contributed by atoms with Crippen LogP contribution in [-0.2, 0) is 4.79 Å². The van der Waals surface area contributed by atoms with Crippen LogP contribution in [0.1, 0.15) is 34.5 Å². The summed E-state index contributed by atoms with van der Waals surface area (Å²) in [7, 11) is 0. The van der Waals surface area contributed by atoms with Crippen LogP contribution in [0.15, 0.2) is 55.9 Å². The Hall–Kier alpha value is -4.91. The van der Waals surface area contributed by atoms with Crippen molar-refractivity contribution in [2.24, 2.45) is 5.73 Å². The number of carbonyl (C=O) groups is 3. The van der Waals surface area contributed by atoms with Gasteiger partial charge in [-0.05, 0) is 43.9 Å². The Kier molecular flexibility index (Phi) is 6.34. The molecule has 4 amide bonds. The van der Waals surface area contributed by atoms with Crippen molar-refractivity contribution in [3.8, 4) is 11.6 Å². The minimum absolute atomic E-state index is 0.243. The number of pyridine rings is 2. The minimum atomic E-state index is -0.649. The lowest BCUT2D eigenvalue weighted by molar-refractivity contribution is -0.117. The van der Waals surface area contributed by atoms with Crippen LogP contribution in [0, 0.1) is 6.92 Å². The van der Waals surface area contributed by atoms with Crippen LogP contribution in [0.2, 0.25) is 0 Å². The topological polar surface area (TPSA) is 157 Å². The molecule has 2 aliphatic rings. The van der Waals surface area contributed by atoms with Crippen LogP contribution >= 0.6 is 11.3 Å². The van der Waals surface area contributed by atoms with Crippen LogP contribution in [0.5, 0.6) is 11.6 Å². The van der Waals surface area contributed by atoms with Gasteiger partial charge >= 0.3 is 6.03 Å². The molecule has 0 aromatic carbocycles. The molecule has 0 bridgehead atoms. The number of amides is 4. The fourth-order valence-electron chi connectivity index (χ4n) is 5.35. The van der Waals surface area contributed by atoms with Gasteiger partial charge in [-0.15, -0.1) is 11.3 Å². The summed E-state index contributed by atoms with van der Waals surface area (Å²) in [5.74, 6) is -0.240. The summed E-state index contributed by atoms with van der Waals surface area (Å²) in [6, 6.07) is 2.31. The van der Waals surface area contributed by atoms with E-state index in [4.69, 9.17) is 10.5 Å². The predicted molar refractivity (Wildman–Crippen MR) is 149 cm³/mol. The summed E-state index contributed by atoms with van der Waals surface area (Å²) in [4.78, 5) is 60.1. The van der Waals surface area contributed by atoms with E-state index >= 15 is 0 Å². The molecule has 13 heteroatoms. The van der Waals surface area contributed by atoms with Gasteiger partial charge in [0.05, 0.1) is 53.1 Å². The second-order valence-electron chi connectivity index (χ2n) is 9.44. The maximum atomic E-state index is 14.5. The molecular weight excluding hydrogens is 532 g/mol. The number of rotatable bonds is 7. The first kappa shape index (κ1) is 25.4. The molecule has 0 unspecified atom stereocenters. The van der Waals surface area contributed by atoms with Crippen LogP contribution < -0.4 is 25.6 Å². The molecule has 4 aromatic heterocycles. The number of aromatic nitrogens is 4. The maximum absolute atomic E-state index is 14.5. The third-order valence-corrected chi connectivity index (χ3v) is 8.13. The van der Waals surface area contributed by atoms with Crippen molar-refractivity contribution in [3.63, 3.8) is 0 Å². The van der Waals surface area contributed by atoms with Crippen LogP contribution in [0.3, 0.4) is 0 Å². The molecule has 3 N–H and O–H groups in total. The molecule has 1 aliphatic carbocycles. The van der Waals surface area contributed by atoms with E-state index in [1.54, 1.807) is 34.3 Å². The second-order valence-corrected chi connectivity index (χ2v) is 10.4. The van der Waals surface area contributed by atoms with E-state index in [1.807, 2.05) is 6.92 Å². The molecule has 40 heavy (non-hydrogen) atoms. The van der Waals surface area contributed by atoms with Gasteiger partial charge in [-0.2, -0.15) is 0 Å². The largest absolute Gasteiger partial charge is 0.436 e. The van der Waals surface area contributed by atoms with Crippen molar-refractivity contribution in [2.45, 2.75) is 38.3 Å². The number of carbonyl (C=O) groups excluding carboxylic acids is 3. The zero-order valence-corrected chi connectivity index (χ0v) is 22.2. The first-order chi connectivity index (χ1) is 19.4. The molecule has 2 atom stereocenters. The zero-order chi connectivity index (χ0) is 28.0. The number of thiophene rings is 1. The summed E-state index contributed by atoms with van der Waals surface area (Å²) < 4.78 is 5.78. The second kappa shape index (κ2) is 10.0. The monoisotopic (exact) mass is 556 g/mol. The number of nitrogens with two attached hydrogens (primary N) is 1. The summed E-state index contributed by atoms with van der Waals surface area (Å²) in [5, 5.41) is 3.59. The van der Waals surface area contributed by atoms with Crippen molar-refractivity contribution in [1.82, 2.24) is 25.3 Å². The van der Waals surface area contributed by atoms with E-state index < -0.39 is 11.9 Å². The van der Waals surface area contributed by atoms with Gasteiger partial charge in [0.2, 0.25) is 11.8 Å². The Morgan fingerprint density at radius 2 is 2.00 bits per heavy atom. The lowest BCUT2D eigenvalue weighted by atomic mass is 10.0. The normalized spacial score (nSPS) is 18.2. The Morgan fingerprint density at radius 1 is 1.20 bits per heavy atom. The number of urea groups is 1.